The number of ether oxygens (including phenoxy) is 1. The van der Waals surface area contributed by atoms with Crippen LogP contribution in [0.2, 0.25) is 0 Å². The fraction of sp³-hybridized carbons (Fsp3) is 0.500. The Kier molecular flexibility index (Phi) is 7.04. The van der Waals surface area contributed by atoms with E-state index < -0.39 is 0 Å². The lowest BCUT2D eigenvalue weighted by Gasteiger charge is -2.35. The van der Waals surface area contributed by atoms with E-state index in [4.69, 9.17) is 4.74 Å². The molecular weight excluding hydrogens is 344 g/mol. The van der Waals surface area contributed by atoms with Gasteiger partial charge in [0, 0.05) is 18.4 Å². The lowest BCUT2D eigenvalue weighted by molar-refractivity contribution is -0.136. The molecule has 0 saturated carbocycles. The standard InChI is InChI=1S/C18H24N2O2S.ClH/c1-22-13-18(7-10-19-11-8-18)17(21)20-9-6-14-12-23-16-5-3-2-4-15(14)16;/h2-5,12,19H,6-11,13H2,1H3,(H,20,21);1H. The minimum absolute atomic E-state index is 0. The predicted molar refractivity (Wildman–Crippen MR) is 102 cm³/mol. The molecule has 1 saturated heterocycles. The molecule has 132 valence electrons. The van der Waals surface area contributed by atoms with E-state index in [1.807, 2.05) is 0 Å². The van der Waals surface area contributed by atoms with Crippen LogP contribution in [0.15, 0.2) is 29.6 Å². The summed E-state index contributed by atoms with van der Waals surface area (Å²) >= 11 is 1.77. The van der Waals surface area contributed by atoms with Crippen molar-refractivity contribution < 1.29 is 9.53 Å². The van der Waals surface area contributed by atoms with Crippen molar-refractivity contribution in [2.24, 2.45) is 5.41 Å². The number of carbonyl (C=O) groups excluding carboxylic acids is 1. The summed E-state index contributed by atoms with van der Waals surface area (Å²) in [6.07, 6.45) is 2.55. The Morgan fingerprint density at radius 2 is 2.08 bits per heavy atom. The van der Waals surface area contributed by atoms with Gasteiger partial charge in [0.15, 0.2) is 0 Å². The zero-order valence-corrected chi connectivity index (χ0v) is 15.6. The number of rotatable bonds is 6. The average molecular weight is 369 g/mol. The maximum atomic E-state index is 12.7. The molecule has 1 aromatic carbocycles. The third-order valence-corrected chi connectivity index (χ3v) is 5.72. The second-order valence-corrected chi connectivity index (χ2v) is 7.14. The van der Waals surface area contributed by atoms with Crippen molar-refractivity contribution >= 4 is 39.7 Å². The first-order valence-corrected chi connectivity index (χ1v) is 9.06. The van der Waals surface area contributed by atoms with E-state index in [9.17, 15) is 4.79 Å². The summed E-state index contributed by atoms with van der Waals surface area (Å²) in [5, 5.41) is 9.96. The number of carbonyl (C=O) groups is 1. The van der Waals surface area contributed by atoms with Gasteiger partial charge in [-0.3, -0.25) is 4.79 Å². The molecule has 1 fully saturated rings. The fourth-order valence-corrected chi connectivity index (χ4v) is 4.34. The zero-order valence-electron chi connectivity index (χ0n) is 14.0. The maximum Gasteiger partial charge on any atom is 0.228 e. The van der Waals surface area contributed by atoms with Gasteiger partial charge in [0.2, 0.25) is 5.91 Å². The summed E-state index contributed by atoms with van der Waals surface area (Å²) in [6, 6.07) is 8.43. The molecule has 24 heavy (non-hydrogen) atoms. The van der Waals surface area contributed by atoms with E-state index in [0.29, 0.717) is 13.2 Å². The third-order valence-electron chi connectivity index (χ3n) is 4.70. The van der Waals surface area contributed by atoms with Gasteiger partial charge in [-0.05, 0) is 54.7 Å². The summed E-state index contributed by atoms with van der Waals surface area (Å²) in [5.74, 6) is 0.139. The Labute approximate surface area is 153 Å². The van der Waals surface area contributed by atoms with Crippen molar-refractivity contribution in [2.75, 3.05) is 33.4 Å². The number of halogens is 1. The minimum atomic E-state index is -0.364. The van der Waals surface area contributed by atoms with Crippen molar-refractivity contribution in [3.8, 4) is 0 Å². The van der Waals surface area contributed by atoms with E-state index in [1.54, 1.807) is 18.4 Å². The highest BCUT2D eigenvalue weighted by molar-refractivity contribution is 7.17. The number of nitrogens with one attached hydrogen (secondary N) is 2. The first kappa shape index (κ1) is 19.2. The monoisotopic (exact) mass is 368 g/mol. The number of amides is 1. The highest BCUT2D eigenvalue weighted by Gasteiger charge is 2.39. The Morgan fingerprint density at radius 3 is 2.83 bits per heavy atom. The van der Waals surface area contributed by atoms with E-state index in [2.05, 4.69) is 40.3 Å². The second kappa shape index (κ2) is 8.81. The Morgan fingerprint density at radius 1 is 1.33 bits per heavy atom. The molecule has 1 aliphatic rings. The molecule has 0 bridgehead atoms. The van der Waals surface area contributed by atoms with Gasteiger partial charge in [-0.2, -0.15) is 0 Å². The number of benzene rings is 1. The van der Waals surface area contributed by atoms with Crippen LogP contribution in [0.5, 0.6) is 0 Å². The molecule has 3 rings (SSSR count). The Balaban J connectivity index is 0.00000208. The molecule has 0 atom stereocenters. The highest BCUT2D eigenvalue weighted by atomic mass is 35.5. The lowest BCUT2D eigenvalue weighted by atomic mass is 9.78. The van der Waals surface area contributed by atoms with Gasteiger partial charge in [0.05, 0.1) is 12.0 Å². The van der Waals surface area contributed by atoms with Gasteiger partial charge in [0.25, 0.3) is 0 Å². The highest BCUT2D eigenvalue weighted by Crippen LogP contribution is 2.30. The van der Waals surface area contributed by atoms with Gasteiger partial charge in [0.1, 0.15) is 0 Å². The van der Waals surface area contributed by atoms with E-state index in [0.717, 1.165) is 32.4 Å². The van der Waals surface area contributed by atoms with Crippen LogP contribution in [0.3, 0.4) is 0 Å². The van der Waals surface area contributed by atoms with Gasteiger partial charge >= 0.3 is 0 Å². The first-order valence-electron chi connectivity index (χ1n) is 8.18. The number of methoxy groups -OCH3 is 1. The molecule has 2 aromatic rings. The van der Waals surface area contributed by atoms with E-state index in [-0.39, 0.29) is 23.7 Å². The molecule has 0 spiro atoms. The molecule has 6 heteroatoms. The number of fused-ring (bicyclic) bond motifs is 1. The zero-order chi connectivity index (χ0) is 16.1. The number of piperidine rings is 1. The lowest BCUT2D eigenvalue weighted by Crippen LogP contribution is -2.50. The van der Waals surface area contributed by atoms with Gasteiger partial charge < -0.3 is 15.4 Å². The van der Waals surface area contributed by atoms with Crippen LogP contribution < -0.4 is 10.6 Å². The van der Waals surface area contributed by atoms with Crippen molar-refractivity contribution in [3.05, 3.63) is 35.2 Å². The topological polar surface area (TPSA) is 50.4 Å². The van der Waals surface area contributed by atoms with Gasteiger partial charge in [-0.15, -0.1) is 23.7 Å². The van der Waals surface area contributed by atoms with Crippen LogP contribution in [0.4, 0.5) is 0 Å². The van der Waals surface area contributed by atoms with Crippen LogP contribution in [0.25, 0.3) is 10.1 Å². The minimum Gasteiger partial charge on any atom is -0.384 e. The first-order chi connectivity index (χ1) is 11.2. The summed E-state index contributed by atoms with van der Waals surface area (Å²) < 4.78 is 6.64. The fourth-order valence-electron chi connectivity index (χ4n) is 3.34. The smallest absolute Gasteiger partial charge is 0.228 e. The molecule has 0 unspecified atom stereocenters. The molecule has 1 amide bonds. The molecule has 0 aliphatic carbocycles. The average Bonchev–Trinajstić information content (AvgIpc) is 2.99. The van der Waals surface area contributed by atoms with Crippen molar-refractivity contribution in [2.45, 2.75) is 19.3 Å². The maximum absolute atomic E-state index is 12.7. The van der Waals surface area contributed by atoms with Crippen molar-refractivity contribution in [3.63, 3.8) is 0 Å². The molecule has 2 heterocycles. The summed E-state index contributed by atoms with van der Waals surface area (Å²) in [6.45, 7) is 2.94. The molecular formula is C18H25ClN2O2S. The van der Waals surface area contributed by atoms with Crippen molar-refractivity contribution in [1.29, 1.82) is 0 Å². The molecule has 4 nitrogen and oxygen atoms in total. The number of hydrogen-bond donors (Lipinski definition) is 2. The largest absolute Gasteiger partial charge is 0.384 e. The third kappa shape index (κ3) is 4.09. The predicted octanol–water partition coefficient (Wildman–Crippen LogP) is 3.00. The van der Waals surface area contributed by atoms with Gasteiger partial charge in [-0.25, -0.2) is 0 Å². The van der Waals surface area contributed by atoms with E-state index >= 15 is 0 Å². The van der Waals surface area contributed by atoms with Crippen LogP contribution >= 0.6 is 23.7 Å². The molecule has 1 aromatic heterocycles. The number of hydrogen-bond acceptors (Lipinski definition) is 4. The van der Waals surface area contributed by atoms with Crippen LogP contribution in [-0.4, -0.2) is 39.3 Å². The normalized spacial score (nSPS) is 16.5. The second-order valence-electron chi connectivity index (χ2n) is 6.23. The van der Waals surface area contributed by atoms with Crippen LogP contribution in [0.1, 0.15) is 18.4 Å². The summed E-state index contributed by atoms with van der Waals surface area (Å²) in [4.78, 5) is 12.7. The van der Waals surface area contributed by atoms with Crippen LogP contribution in [-0.2, 0) is 16.0 Å². The van der Waals surface area contributed by atoms with Crippen LogP contribution in [0, 0.1) is 5.41 Å². The summed E-state index contributed by atoms with van der Waals surface area (Å²) in [5.41, 5.74) is 0.952. The van der Waals surface area contributed by atoms with Crippen molar-refractivity contribution in [1.82, 2.24) is 10.6 Å². The molecule has 2 N–H and O–H groups in total. The van der Waals surface area contributed by atoms with E-state index in [1.165, 1.54) is 15.6 Å². The number of thiophene rings is 1. The Bertz CT molecular complexity index is 662. The van der Waals surface area contributed by atoms with Gasteiger partial charge in [-0.1, -0.05) is 18.2 Å². The Hall–Kier alpha value is -1.14. The summed E-state index contributed by atoms with van der Waals surface area (Å²) in [7, 11) is 1.68. The SMILES string of the molecule is COCC1(C(=O)NCCc2csc3ccccc23)CCNCC1.Cl. The molecule has 1 aliphatic heterocycles. The quantitative estimate of drug-likeness (QED) is 0.824. The molecule has 0 radical (unpaired) electrons.